The van der Waals surface area contributed by atoms with Gasteiger partial charge in [-0.25, -0.2) is 8.78 Å². The summed E-state index contributed by atoms with van der Waals surface area (Å²) in [6.45, 7) is 8.36. The minimum Gasteiger partial charge on any atom is -0.306 e. The van der Waals surface area contributed by atoms with Gasteiger partial charge in [0.05, 0.1) is 6.04 Å². The molecule has 0 saturated carbocycles. The average molecular weight is 289 g/mol. The molecule has 21 heavy (non-hydrogen) atoms. The molecule has 2 aromatic carbocycles. The maximum atomic E-state index is 14.2. The summed E-state index contributed by atoms with van der Waals surface area (Å²) in [7, 11) is 0. The van der Waals surface area contributed by atoms with E-state index in [1.165, 1.54) is 0 Å². The van der Waals surface area contributed by atoms with E-state index in [-0.39, 0.29) is 6.04 Å². The van der Waals surface area contributed by atoms with Gasteiger partial charge in [-0.15, -0.1) is 0 Å². The number of aryl methyl sites for hydroxylation is 3. The normalized spacial score (nSPS) is 12.5. The van der Waals surface area contributed by atoms with Crippen LogP contribution >= 0.6 is 0 Å². The molecular formula is C18H21F2N. The first-order valence-electron chi connectivity index (χ1n) is 7.20. The fourth-order valence-corrected chi connectivity index (χ4v) is 2.56. The Labute approximate surface area is 125 Å². The Bertz CT molecular complexity index is 650. The van der Waals surface area contributed by atoms with Gasteiger partial charge in [0.1, 0.15) is 11.6 Å². The summed E-state index contributed by atoms with van der Waals surface area (Å²) < 4.78 is 27.7. The lowest BCUT2D eigenvalue weighted by Gasteiger charge is -2.22. The topological polar surface area (TPSA) is 12.0 Å². The number of rotatable bonds is 4. The van der Waals surface area contributed by atoms with Gasteiger partial charge in [-0.05, 0) is 50.1 Å². The Balaban J connectivity index is 2.58. The van der Waals surface area contributed by atoms with Crippen molar-refractivity contribution in [3.8, 4) is 0 Å². The molecule has 0 aromatic heterocycles. The standard InChI is InChI=1S/C18H21F2N/c1-5-21-18(14-8-11(2)6-7-12(14)3)15-9-13(4)16(19)10-17(15)20/h6-10,18,21H,5H2,1-4H3. The first-order valence-corrected chi connectivity index (χ1v) is 7.20. The summed E-state index contributed by atoms with van der Waals surface area (Å²) in [6.07, 6.45) is 0. The zero-order chi connectivity index (χ0) is 15.6. The van der Waals surface area contributed by atoms with Gasteiger partial charge in [-0.1, -0.05) is 30.7 Å². The summed E-state index contributed by atoms with van der Waals surface area (Å²) in [6, 6.07) is 8.42. The minimum absolute atomic E-state index is 0.269. The molecule has 0 aliphatic heterocycles. The molecule has 1 N–H and O–H groups in total. The molecule has 2 aromatic rings. The molecule has 0 heterocycles. The van der Waals surface area contributed by atoms with E-state index in [9.17, 15) is 8.78 Å². The molecule has 1 nitrogen and oxygen atoms in total. The molecule has 0 aliphatic rings. The van der Waals surface area contributed by atoms with E-state index >= 15 is 0 Å². The van der Waals surface area contributed by atoms with Crippen LogP contribution in [0, 0.1) is 32.4 Å². The fraction of sp³-hybridized carbons (Fsp3) is 0.333. The van der Waals surface area contributed by atoms with Crippen molar-refractivity contribution in [2.45, 2.75) is 33.7 Å². The monoisotopic (exact) mass is 289 g/mol. The molecule has 0 spiro atoms. The van der Waals surface area contributed by atoms with Crippen LogP contribution in [0.2, 0.25) is 0 Å². The second-order valence-corrected chi connectivity index (χ2v) is 5.47. The summed E-state index contributed by atoms with van der Waals surface area (Å²) in [5.74, 6) is -1.02. The van der Waals surface area contributed by atoms with Crippen LogP contribution in [0.5, 0.6) is 0 Å². The highest BCUT2D eigenvalue weighted by molar-refractivity contribution is 5.41. The van der Waals surface area contributed by atoms with E-state index in [1.807, 2.05) is 32.9 Å². The van der Waals surface area contributed by atoms with Gasteiger partial charge in [-0.2, -0.15) is 0 Å². The third kappa shape index (κ3) is 3.30. The molecule has 0 bridgehead atoms. The second-order valence-electron chi connectivity index (χ2n) is 5.47. The zero-order valence-electron chi connectivity index (χ0n) is 12.9. The molecule has 1 unspecified atom stereocenters. The smallest absolute Gasteiger partial charge is 0.131 e. The Morgan fingerprint density at radius 3 is 2.29 bits per heavy atom. The maximum Gasteiger partial charge on any atom is 0.131 e. The highest BCUT2D eigenvalue weighted by Crippen LogP contribution is 2.29. The van der Waals surface area contributed by atoms with E-state index in [0.29, 0.717) is 17.7 Å². The SMILES string of the molecule is CCNC(c1cc(C)ccc1C)c1cc(C)c(F)cc1F. The van der Waals surface area contributed by atoms with Gasteiger partial charge in [0.25, 0.3) is 0 Å². The van der Waals surface area contributed by atoms with Gasteiger partial charge >= 0.3 is 0 Å². The average Bonchev–Trinajstić information content (AvgIpc) is 2.43. The number of nitrogens with one attached hydrogen (secondary N) is 1. The summed E-state index contributed by atoms with van der Waals surface area (Å²) in [5, 5.41) is 3.31. The van der Waals surface area contributed by atoms with E-state index in [1.54, 1.807) is 13.0 Å². The maximum absolute atomic E-state index is 14.2. The quantitative estimate of drug-likeness (QED) is 0.868. The van der Waals surface area contributed by atoms with E-state index in [0.717, 1.165) is 22.8 Å². The largest absolute Gasteiger partial charge is 0.306 e. The lowest BCUT2D eigenvalue weighted by molar-refractivity contribution is 0.537. The highest BCUT2D eigenvalue weighted by atomic mass is 19.1. The third-order valence-electron chi connectivity index (χ3n) is 3.74. The summed E-state index contributed by atoms with van der Waals surface area (Å²) in [4.78, 5) is 0. The molecular weight excluding hydrogens is 268 g/mol. The van der Waals surface area contributed by atoms with Crippen molar-refractivity contribution in [3.05, 3.63) is 69.8 Å². The Hall–Kier alpha value is -1.74. The minimum atomic E-state index is -0.509. The number of benzene rings is 2. The van der Waals surface area contributed by atoms with Gasteiger partial charge in [0, 0.05) is 11.6 Å². The molecule has 0 fully saturated rings. The predicted octanol–water partition coefficient (Wildman–Crippen LogP) is 4.59. The van der Waals surface area contributed by atoms with Crippen LogP contribution in [0.3, 0.4) is 0 Å². The summed E-state index contributed by atoms with van der Waals surface area (Å²) in [5.41, 5.74) is 4.19. The van der Waals surface area contributed by atoms with Crippen molar-refractivity contribution in [1.29, 1.82) is 0 Å². The van der Waals surface area contributed by atoms with Gasteiger partial charge in [0.2, 0.25) is 0 Å². The van der Waals surface area contributed by atoms with Crippen molar-refractivity contribution in [2.24, 2.45) is 0 Å². The van der Waals surface area contributed by atoms with Crippen LogP contribution < -0.4 is 5.32 Å². The van der Waals surface area contributed by atoms with Crippen LogP contribution in [-0.4, -0.2) is 6.54 Å². The van der Waals surface area contributed by atoms with E-state index < -0.39 is 11.6 Å². The van der Waals surface area contributed by atoms with Crippen molar-refractivity contribution in [3.63, 3.8) is 0 Å². The number of halogens is 2. The van der Waals surface area contributed by atoms with Crippen LogP contribution in [0.4, 0.5) is 8.78 Å². The lowest BCUT2D eigenvalue weighted by atomic mass is 9.92. The fourth-order valence-electron chi connectivity index (χ4n) is 2.56. The van der Waals surface area contributed by atoms with Crippen molar-refractivity contribution in [1.82, 2.24) is 5.32 Å². The zero-order valence-corrected chi connectivity index (χ0v) is 12.9. The van der Waals surface area contributed by atoms with Crippen LogP contribution in [0.25, 0.3) is 0 Å². The predicted molar refractivity (Wildman–Crippen MR) is 82.5 cm³/mol. The molecule has 0 saturated heterocycles. The number of hydrogen-bond donors (Lipinski definition) is 1. The van der Waals surface area contributed by atoms with Crippen LogP contribution in [0.1, 0.15) is 40.8 Å². The Morgan fingerprint density at radius 2 is 1.62 bits per heavy atom. The van der Waals surface area contributed by atoms with Crippen LogP contribution in [-0.2, 0) is 0 Å². The first kappa shape index (κ1) is 15.6. The highest BCUT2D eigenvalue weighted by Gasteiger charge is 2.20. The third-order valence-corrected chi connectivity index (χ3v) is 3.74. The van der Waals surface area contributed by atoms with Gasteiger partial charge in [-0.3, -0.25) is 0 Å². The Kier molecular flexibility index (Phi) is 4.73. The molecule has 0 radical (unpaired) electrons. The molecule has 0 amide bonds. The van der Waals surface area contributed by atoms with Crippen molar-refractivity contribution >= 4 is 0 Å². The summed E-state index contributed by atoms with van der Waals surface area (Å²) >= 11 is 0. The van der Waals surface area contributed by atoms with Gasteiger partial charge in [0.15, 0.2) is 0 Å². The molecule has 1 atom stereocenters. The van der Waals surface area contributed by atoms with Crippen molar-refractivity contribution in [2.75, 3.05) is 6.54 Å². The van der Waals surface area contributed by atoms with Crippen molar-refractivity contribution < 1.29 is 8.78 Å². The molecule has 0 aliphatic carbocycles. The van der Waals surface area contributed by atoms with Gasteiger partial charge < -0.3 is 5.32 Å². The van der Waals surface area contributed by atoms with E-state index in [2.05, 4.69) is 11.4 Å². The number of hydrogen-bond acceptors (Lipinski definition) is 1. The van der Waals surface area contributed by atoms with Crippen LogP contribution in [0.15, 0.2) is 30.3 Å². The molecule has 2 rings (SSSR count). The molecule has 3 heteroatoms. The lowest BCUT2D eigenvalue weighted by Crippen LogP contribution is -2.24. The second kappa shape index (κ2) is 6.35. The van der Waals surface area contributed by atoms with E-state index in [4.69, 9.17) is 0 Å². The Morgan fingerprint density at radius 1 is 0.905 bits per heavy atom. The first-order chi connectivity index (χ1) is 9.93. The molecule has 112 valence electrons.